The molecule has 0 aliphatic heterocycles. The Bertz CT molecular complexity index is 348. The number of hydrogen-bond donors (Lipinski definition) is 2. The van der Waals surface area contributed by atoms with Crippen molar-refractivity contribution in [2.45, 2.75) is 12.8 Å². The molecule has 0 radical (unpaired) electrons. The molecule has 3 N–H and O–H groups in total. The van der Waals surface area contributed by atoms with Crippen LogP contribution in [0.15, 0.2) is 30.3 Å². The molecule has 0 saturated heterocycles. The lowest BCUT2D eigenvalue weighted by Gasteiger charge is -2.14. The van der Waals surface area contributed by atoms with Gasteiger partial charge in [0.25, 0.3) is 0 Å². The molecule has 0 aromatic heterocycles. The standard InChI is InChI=1S/C11H15N3O/c1-14(11(12)13)10(15)8-7-9-5-3-2-4-6-9/h2-6H,7-8H2,1H3,(H3,12,13). The largest absolute Gasteiger partial charge is 0.370 e. The van der Waals surface area contributed by atoms with E-state index in [2.05, 4.69) is 0 Å². The summed E-state index contributed by atoms with van der Waals surface area (Å²) >= 11 is 0. The van der Waals surface area contributed by atoms with Gasteiger partial charge in [0, 0.05) is 13.5 Å². The van der Waals surface area contributed by atoms with Gasteiger partial charge in [-0.2, -0.15) is 0 Å². The highest BCUT2D eigenvalue weighted by molar-refractivity contribution is 5.94. The monoisotopic (exact) mass is 205 g/mol. The lowest BCUT2D eigenvalue weighted by atomic mass is 10.1. The molecular weight excluding hydrogens is 190 g/mol. The summed E-state index contributed by atoms with van der Waals surface area (Å²) in [5.74, 6) is -0.348. The van der Waals surface area contributed by atoms with Crippen LogP contribution in [0.4, 0.5) is 0 Å². The highest BCUT2D eigenvalue weighted by atomic mass is 16.2. The molecule has 1 rings (SSSR count). The second-order valence-corrected chi connectivity index (χ2v) is 3.32. The van der Waals surface area contributed by atoms with Crippen molar-refractivity contribution in [3.05, 3.63) is 35.9 Å². The summed E-state index contributed by atoms with van der Waals surface area (Å²) in [5, 5.41) is 7.10. The SMILES string of the molecule is CN(C(=N)N)C(=O)CCc1ccccc1. The number of amides is 1. The quantitative estimate of drug-likeness (QED) is 0.570. The van der Waals surface area contributed by atoms with Gasteiger partial charge in [0.15, 0.2) is 5.96 Å². The normalized spacial score (nSPS) is 9.67. The van der Waals surface area contributed by atoms with E-state index in [4.69, 9.17) is 11.1 Å². The molecule has 0 spiro atoms. The molecule has 0 atom stereocenters. The summed E-state index contributed by atoms with van der Waals surface area (Å²) in [6.07, 6.45) is 1.05. The van der Waals surface area contributed by atoms with Crippen LogP contribution in [0.1, 0.15) is 12.0 Å². The van der Waals surface area contributed by atoms with E-state index in [9.17, 15) is 4.79 Å². The highest BCUT2D eigenvalue weighted by Crippen LogP contribution is 2.03. The molecule has 0 aliphatic carbocycles. The van der Waals surface area contributed by atoms with Crippen LogP contribution < -0.4 is 5.73 Å². The van der Waals surface area contributed by atoms with E-state index in [1.165, 1.54) is 7.05 Å². The molecule has 0 heterocycles. The molecule has 15 heavy (non-hydrogen) atoms. The van der Waals surface area contributed by atoms with Gasteiger partial charge in [0.1, 0.15) is 0 Å². The van der Waals surface area contributed by atoms with Crippen LogP contribution in [0.3, 0.4) is 0 Å². The Labute approximate surface area is 89.2 Å². The van der Waals surface area contributed by atoms with E-state index in [1.54, 1.807) is 0 Å². The second kappa shape index (κ2) is 5.14. The molecule has 0 bridgehead atoms. The smallest absolute Gasteiger partial charge is 0.229 e. The van der Waals surface area contributed by atoms with E-state index in [0.29, 0.717) is 12.8 Å². The molecular formula is C11H15N3O. The molecule has 4 nitrogen and oxygen atoms in total. The van der Waals surface area contributed by atoms with Crippen LogP contribution in [0.25, 0.3) is 0 Å². The zero-order valence-electron chi connectivity index (χ0n) is 8.73. The lowest BCUT2D eigenvalue weighted by Crippen LogP contribution is -2.37. The fourth-order valence-electron chi connectivity index (χ4n) is 1.20. The van der Waals surface area contributed by atoms with Gasteiger partial charge in [-0.3, -0.25) is 15.1 Å². The Balaban J connectivity index is 2.44. The van der Waals surface area contributed by atoms with Crippen molar-refractivity contribution in [3.63, 3.8) is 0 Å². The van der Waals surface area contributed by atoms with E-state index < -0.39 is 0 Å². The fraction of sp³-hybridized carbons (Fsp3) is 0.273. The minimum Gasteiger partial charge on any atom is -0.370 e. The van der Waals surface area contributed by atoms with E-state index in [0.717, 1.165) is 10.5 Å². The first-order valence-electron chi connectivity index (χ1n) is 4.76. The maximum absolute atomic E-state index is 11.5. The molecule has 4 heteroatoms. The van der Waals surface area contributed by atoms with Crippen molar-refractivity contribution in [3.8, 4) is 0 Å². The zero-order chi connectivity index (χ0) is 11.3. The van der Waals surface area contributed by atoms with Crippen LogP contribution in [-0.4, -0.2) is 23.8 Å². The van der Waals surface area contributed by atoms with Gasteiger partial charge < -0.3 is 5.73 Å². The Morgan fingerprint density at radius 3 is 2.53 bits per heavy atom. The van der Waals surface area contributed by atoms with Crippen LogP contribution in [0, 0.1) is 5.41 Å². The van der Waals surface area contributed by atoms with E-state index >= 15 is 0 Å². The molecule has 0 fully saturated rings. The van der Waals surface area contributed by atoms with Crippen molar-refractivity contribution < 1.29 is 4.79 Å². The Morgan fingerprint density at radius 1 is 1.40 bits per heavy atom. The Kier molecular flexibility index (Phi) is 3.85. The summed E-state index contributed by atoms with van der Waals surface area (Å²) in [6.45, 7) is 0. The lowest BCUT2D eigenvalue weighted by molar-refractivity contribution is -0.126. The molecule has 1 amide bonds. The van der Waals surface area contributed by atoms with Gasteiger partial charge in [-0.25, -0.2) is 0 Å². The van der Waals surface area contributed by atoms with Gasteiger partial charge >= 0.3 is 0 Å². The first kappa shape index (κ1) is 11.2. The molecule has 1 aromatic rings. The van der Waals surface area contributed by atoms with Crippen molar-refractivity contribution in [1.29, 1.82) is 5.41 Å². The summed E-state index contributed by atoms with van der Waals surface area (Å²) in [5.41, 5.74) is 6.31. The van der Waals surface area contributed by atoms with Crippen molar-refractivity contribution >= 4 is 11.9 Å². The molecule has 0 aliphatic rings. The summed E-state index contributed by atoms with van der Waals surface area (Å²) in [4.78, 5) is 12.6. The number of rotatable bonds is 3. The predicted molar refractivity (Wildman–Crippen MR) is 59.4 cm³/mol. The van der Waals surface area contributed by atoms with Crippen molar-refractivity contribution in [2.75, 3.05) is 7.05 Å². The van der Waals surface area contributed by atoms with Gasteiger partial charge in [-0.05, 0) is 12.0 Å². The van der Waals surface area contributed by atoms with Crippen LogP contribution in [0.2, 0.25) is 0 Å². The number of hydrogen-bond acceptors (Lipinski definition) is 2. The number of guanidine groups is 1. The van der Waals surface area contributed by atoms with Gasteiger partial charge in [0.2, 0.25) is 5.91 Å². The maximum atomic E-state index is 11.5. The topological polar surface area (TPSA) is 70.2 Å². The third-order valence-corrected chi connectivity index (χ3v) is 2.21. The number of carbonyl (C=O) groups is 1. The molecule has 80 valence electrons. The number of aryl methyl sites for hydroxylation is 1. The van der Waals surface area contributed by atoms with Gasteiger partial charge in [-0.15, -0.1) is 0 Å². The van der Waals surface area contributed by atoms with Crippen molar-refractivity contribution in [1.82, 2.24) is 4.90 Å². The van der Waals surface area contributed by atoms with Gasteiger partial charge in [0.05, 0.1) is 0 Å². The minimum atomic E-state index is -0.215. The van der Waals surface area contributed by atoms with Gasteiger partial charge in [-0.1, -0.05) is 30.3 Å². The first-order valence-corrected chi connectivity index (χ1v) is 4.76. The molecule has 1 aromatic carbocycles. The summed E-state index contributed by atoms with van der Waals surface area (Å²) < 4.78 is 0. The highest BCUT2D eigenvalue weighted by Gasteiger charge is 2.10. The average Bonchev–Trinajstić information content (AvgIpc) is 2.26. The number of nitrogens with one attached hydrogen (secondary N) is 1. The van der Waals surface area contributed by atoms with Crippen LogP contribution in [-0.2, 0) is 11.2 Å². The Morgan fingerprint density at radius 2 is 2.00 bits per heavy atom. The maximum Gasteiger partial charge on any atom is 0.229 e. The number of benzene rings is 1. The van der Waals surface area contributed by atoms with Crippen molar-refractivity contribution in [2.24, 2.45) is 5.73 Å². The molecule has 0 unspecified atom stereocenters. The summed E-state index contributed by atoms with van der Waals surface area (Å²) in [7, 11) is 1.51. The van der Waals surface area contributed by atoms with E-state index in [1.807, 2.05) is 30.3 Å². The van der Waals surface area contributed by atoms with E-state index in [-0.39, 0.29) is 11.9 Å². The second-order valence-electron chi connectivity index (χ2n) is 3.32. The number of carbonyl (C=O) groups excluding carboxylic acids is 1. The van der Waals surface area contributed by atoms with Crippen LogP contribution in [0.5, 0.6) is 0 Å². The number of nitrogens with two attached hydrogens (primary N) is 1. The minimum absolute atomic E-state index is 0.133. The summed E-state index contributed by atoms with van der Waals surface area (Å²) in [6, 6.07) is 9.76. The first-order chi connectivity index (χ1) is 7.11. The zero-order valence-corrected chi connectivity index (χ0v) is 8.73. The van der Waals surface area contributed by atoms with Crippen LogP contribution >= 0.6 is 0 Å². The Hall–Kier alpha value is -1.84. The number of nitrogens with zero attached hydrogens (tertiary/aromatic N) is 1. The molecule has 0 saturated carbocycles. The third-order valence-electron chi connectivity index (χ3n) is 2.21. The average molecular weight is 205 g/mol. The predicted octanol–water partition coefficient (Wildman–Crippen LogP) is 0.971. The third kappa shape index (κ3) is 3.42. The fourth-order valence-corrected chi connectivity index (χ4v) is 1.20.